The summed E-state index contributed by atoms with van der Waals surface area (Å²) in [5, 5.41) is 0. The van der Waals surface area contributed by atoms with E-state index in [1.807, 2.05) is 32.9 Å². The summed E-state index contributed by atoms with van der Waals surface area (Å²) < 4.78 is 10.8. The number of carbonyl (C=O) groups excluding carboxylic acids is 2. The van der Waals surface area contributed by atoms with Gasteiger partial charge in [-0.25, -0.2) is 0 Å². The van der Waals surface area contributed by atoms with Crippen molar-refractivity contribution in [2.24, 2.45) is 5.92 Å². The molecule has 2 atom stereocenters. The molecule has 1 aromatic rings. The maximum Gasteiger partial charge on any atom is 0.321 e. The Balaban J connectivity index is 1.81. The lowest BCUT2D eigenvalue weighted by Crippen LogP contribution is -2.26. The van der Waals surface area contributed by atoms with Gasteiger partial charge in [0.1, 0.15) is 5.92 Å². The molecule has 2 aliphatic heterocycles. The molecule has 4 nitrogen and oxygen atoms in total. The van der Waals surface area contributed by atoms with Crippen LogP contribution in [0.2, 0.25) is 0 Å². The molecule has 2 heterocycles. The second kappa shape index (κ2) is 6.44. The van der Waals surface area contributed by atoms with Gasteiger partial charge in [0, 0.05) is 13.2 Å². The van der Waals surface area contributed by atoms with Crippen LogP contribution in [0.4, 0.5) is 0 Å². The zero-order chi connectivity index (χ0) is 16.6. The molecule has 2 aliphatic rings. The van der Waals surface area contributed by atoms with Crippen molar-refractivity contribution in [1.29, 1.82) is 0 Å². The Morgan fingerprint density at radius 2 is 1.65 bits per heavy atom. The number of Topliss-reactive ketones (excluding diaryl/α,β-unsaturated/α-hetero) is 1. The molecule has 4 heteroatoms. The Morgan fingerprint density at radius 1 is 1.04 bits per heavy atom. The van der Waals surface area contributed by atoms with Gasteiger partial charge in [-0.1, -0.05) is 17.7 Å². The summed E-state index contributed by atoms with van der Waals surface area (Å²) >= 11 is 0. The smallest absolute Gasteiger partial charge is 0.321 e. The Hall–Kier alpha value is -1.68. The van der Waals surface area contributed by atoms with Crippen LogP contribution in [0, 0.1) is 26.7 Å². The summed E-state index contributed by atoms with van der Waals surface area (Å²) in [7, 11) is 0. The van der Waals surface area contributed by atoms with Gasteiger partial charge in [-0.05, 0) is 62.6 Å². The van der Waals surface area contributed by atoms with Crippen molar-refractivity contribution in [1.82, 2.24) is 0 Å². The minimum absolute atomic E-state index is 0.0726. The lowest BCUT2D eigenvalue weighted by molar-refractivity contribution is -0.144. The molecule has 0 aliphatic carbocycles. The Bertz CT molecular complexity index is 605. The third kappa shape index (κ3) is 3.18. The van der Waals surface area contributed by atoms with Crippen molar-refractivity contribution in [2.45, 2.75) is 52.1 Å². The van der Waals surface area contributed by atoms with Gasteiger partial charge < -0.3 is 9.47 Å². The van der Waals surface area contributed by atoms with Crippen molar-refractivity contribution in [3.8, 4) is 0 Å². The molecule has 0 spiro atoms. The highest BCUT2D eigenvalue weighted by atomic mass is 16.6. The van der Waals surface area contributed by atoms with E-state index in [0.717, 1.165) is 48.3 Å². The van der Waals surface area contributed by atoms with Gasteiger partial charge in [0.15, 0.2) is 11.9 Å². The number of esters is 1. The molecule has 0 N–H and O–H groups in total. The quantitative estimate of drug-likeness (QED) is 0.635. The van der Waals surface area contributed by atoms with Crippen LogP contribution in [0.5, 0.6) is 0 Å². The lowest BCUT2D eigenvalue weighted by Gasteiger charge is -2.23. The highest BCUT2D eigenvalue weighted by Crippen LogP contribution is 2.35. The highest BCUT2D eigenvalue weighted by molar-refractivity contribution is 6.11. The van der Waals surface area contributed by atoms with Crippen LogP contribution >= 0.6 is 0 Å². The molecule has 1 aromatic carbocycles. The summed E-state index contributed by atoms with van der Waals surface area (Å²) in [5.74, 6) is -0.802. The van der Waals surface area contributed by atoms with Gasteiger partial charge in [-0.2, -0.15) is 0 Å². The standard InChI is InChI=1S/C19H24O4/c1-11-8-12(2)16(13(3)9-11)17-18(20)15(23-19(17)21)10-14-4-6-22-7-5-14/h8-9,14-15,17H,4-7,10H2,1-3H3. The highest BCUT2D eigenvalue weighted by Gasteiger charge is 2.46. The summed E-state index contributed by atoms with van der Waals surface area (Å²) in [6, 6.07) is 4.05. The largest absolute Gasteiger partial charge is 0.454 e. The number of hydrogen-bond donors (Lipinski definition) is 0. The monoisotopic (exact) mass is 316 g/mol. The molecule has 3 rings (SSSR count). The first-order valence-corrected chi connectivity index (χ1v) is 8.37. The Kier molecular flexibility index (Phi) is 4.53. The second-order valence-electron chi connectivity index (χ2n) is 6.86. The molecule has 23 heavy (non-hydrogen) atoms. The predicted octanol–water partition coefficient (Wildman–Crippen LogP) is 3.01. The number of cyclic esters (lactones) is 1. The number of ketones is 1. The van der Waals surface area contributed by atoms with Crippen LogP contribution in [0.3, 0.4) is 0 Å². The summed E-state index contributed by atoms with van der Waals surface area (Å²) in [6.07, 6.45) is 1.92. The minimum Gasteiger partial charge on any atom is -0.454 e. The number of benzene rings is 1. The summed E-state index contributed by atoms with van der Waals surface area (Å²) in [6.45, 7) is 7.41. The number of rotatable bonds is 3. The van der Waals surface area contributed by atoms with E-state index in [1.54, 1.807) is 0 Å². The van der Waals surface area contributed by atoms with Crippen LogP contribution in [0.1, 0.15) is 47.4 Å². The van der Waals surface area contributed by atoms with E-state index >= 15 is 0 Å². The van der Waals surface area contributed by atoms with Gasteiger partial charge in [-0.3, -0.25) is 9.59 Å². The fourth-order valence-electron chi connectivity index (χ4n) is 3.92. The Labute approximate surface area is 137 Å². The first-order valence-electron chi connectivity index (χ1n) is 8.37. The van der Waals surface area contributed by atoms with E-state index in [9.17, 15) is 9.59 Å². The molecule has 0 saturated carbocycles. The molecule has 0 amide bonds. The molecule has 2 unspecified atom stereocenters. The van der Waals surface area contributed by atoms with E-state index in [2.05, 4.69) is 0 Å². The minimum atomic E-state index is -0.750. The van der Waals surface area contributed by atoms with E-state index in [0.29, 0.717) is 12.3 Å². The molecule has 2 saturated heterocycles. The third-order valence-electron chi connectivity index (χ3n) is 5.01. The van der Waals surface area contributed by atoms with Crippen molar-refractivity contribution in [3.63, 3.8) is 0 Å². The van der Waals surface area contributed by atoms with Gasteiger partial charge >= 0.3 is 5.97 Å². The number of ether oxygens (including phenoxy) is 2. The first-order chi connectivity index (χ1) is 11.0. The van der Waals surface area contributed by atoms with Crippen LogP contribution in [0.15, 0.2) is 12.1 Å². The van der Waals surface area contributed by atoms with Crippen LogP contribution < -0.4 is 0 Å². The van der Waals surface area contributed by atoms with Crippen molar-refractivity contribution in [2.75, 3.05) is 13.2 Å². The fraction of sp³-hybridized carbons (Fsp3) is 0.579. The molecule has 0 aromatic heterocycles. The maximum absolute atomic E-state index is 12.8. The average molecular weight is 316 g/mol. The summed E-state index contributed by atoms with van der Waals surface area (Å²) in [4.78, 5) is 25.2. The van der Waals surface area contributed by atoms with E-state index < -0.39 is 12.0 Å². The van der Waals surface area contributed by atoms with E-state index in [1.165, 1.54) is 0 Å². The first kappa shape index (κ1) is 16.2. The van der Waals surface area contributed by atoms with Gasteiger partial charge in [0.05, 0.1) is 0 Å². The zero-order valence-electron chi connectivity index (χ0n) is 14.1. The topological polar surface area (TPSA) is 52.6 Å². The van der Waals surface area contributed by atoms with Gasteiger partial charge in [-0.15, -0.1) is 0 Å². The van der Waals surface area contributed by atoms with Crippen molar-refractivity contribution < 1.29 is 19.1 Å². The number of carbonyl (C=O) groups is 2. The summed E-state index contributed by atoms with van der Waals surface area (Å²) in [5.41, 5.74) is 3.95. The third-order valence-corrected chi connectivity index (χ3v) is 5.01. The predicted molar refractivity (Wildman–Crippen MR) is 86.4 cm³/mol. The lowest BCUT2D eigenvalue weighted by atomic mass is 9.84. The molecular weight excluding hydrogens is 292 g/mol. The molecule has 2 fully saturated rings. The molecule has 0 bridgehead atoms. The van der Waals surface area contributed by atoms with E-state index in [-0.39, 0.29) is 11.8 Å². The molecule has 0 radical (unpaired) electrons. The average Bonchev–Trinajstić information content (AvgIpc) is 2.75. The van der Waals surface area contributed by atoms with Crippen LogP contribution in [0.25, 0.3) is 0 Å². The SMILES string of the molecule is Cc1cc(C)c(C2C(=O)OC(CC3CCOCC3)C2=O)c(C)c1. The van der Waals surface area contributed by atoms with Crippen LogP contribution in [-0.4, -0.2) is 31.1 Å². The van der Waals surface area contributed by atoms with E-state index in [4.69, 9.17) is 9.47 Å². The number of hydrogen-bond acceptors (Lipinski definition) is 4. The van der Waals surface area contributed by atoms with Crippen LogP contribution in [-0.2, 0) is 19.1 Å². The van der Waals surface area contributed by atoms with Crippen molar-refractivity contribution >= 4 is 11.8 Å². The normalized spacial score (nSPS) is 25.7. The fourth-order valence-corrected chi connectivity index (χ4v) is 3.92. The molecule has 124 valence electrons. The zero-order valence-corrected chi connectivity index (χ0v) is 14.1. The van der Waals surface area contributed by atoms with Crippen molar-refractivity contribution in [3.05, 3.63) is 34.4 Å². The van der Waals surface area contributed by atoms with Gasteiger partial charge in [0.25, 0.3) is 0 Å². The number of aryl methyl sites for hydroxylation is 3. The van der Waals surface area contributed by atoms with Gasteiger partial charge in [0.2, 0.25) is 0 Å². The maximum atomic E-state index is 12.8. The second-order valence-corrected chi connectivity index (χ2v) is 6.86. The molecular formula is C19H24O4. The Morgan fingerprint density at radius 3 is 2.26 bits per heavy atom.